The molecular weight excluding hydrogens is 514 g/mol. The molecule has 1 fully saturated rings. The smallest absolute Gasteiger partial charge is 0.326 e. The zero-order valence-electron chi connectivity index (χ0n) is 20.0. The number of imide groups is 1. The molecule has 12 nitrogen and oxygen atoms in total. The third-order valence-electron chi connectivity index (χ3n) is 6.00. The van der Waals surface area contributed by atoms with E-state index in [-0.39, 0.29) is 24.5 Å². The molecule has 4 amide bonds. The molecule has 4 aromatic rings. The number of nitrogens with one attached hydrogen (secondary N) is 1. The molecule has 0 unspecified atom stereocenters. The Hall–Kier alpha value is -4.78. The van der Waals surface area contributed by atoms with Crippen molar-refractivity contribution in [3.8, 4) is 5.75 Å². The van der Waals surface area contributed by atoms with E-state index in [0.29, 0.717) is 16.3 Å². The second kappa shape index (κ2) is 9.59. The molecule has 38 heavy (non-hydrogen) atoms. The molecule has 194 valence electrons. The Kier molecular flexibility index (Phi) is 6.28. The number of urea groups is 1. The number of carbonyl (C=O) groups excluding carboxylic acids is 4. The van der Waals surface area contributed by atoms with E-state index in [0.717, 1.165) is 15.1 Å². The van der Waals surface area contributed by atoms with Crippen LogP contribution in [-0.4, -0.2) is 51.3 Å². The van der Waals surface area contributed by atoms with Crippen LogP contribution in [0.25, 0.3) is 15.2 Å². The Balaban J connectivity index is 1.25. The molecular formula is C25H21N5O7S. The van der Waals surface area contributed by atoms with Gasteiger partial charge in [0.1, 0.15) is 24.4 Å². The van der Waals surface area contributed by atoms with Crippen molar-refractivity contribution in [2.75, 3.05) is 13.2 Å². The number of amides is 4. The number of carbonyl (C=O) groups is 4. The minimum Gasteiger partial charge on any atom is -0.484 e. The molecule has 1 saturated heterocycles. The van der Waals surface area contributed by atoms with Crippen molar-refractivity contribution < 1.29 is 28.7 Å². The number of rotatable bonds is 8. The highest BCUT2D eigenvalue weighted by molar-refractivity contribution is 7.23. The maximum atomic E-state index is 13.1. The second-order valence-electron chi connectivity index (χ2n) is 8.66. The fourth-order valence-electron chi connectivity index (χ4n) is 4.10. The number of hydrogen-bond acceptors (Lipinski definition) is 9. The average molecular weight is 536 g/mol. The maximum Gasteiger partial charge on any atom is 0.326 e. The lowest BCUT2D eigenvalue weighted by Gasteiger charge is -2.22. The summed E-state index contributed by atoms with van der Waals surface area (Å²) >= 11 is 1.33. The third kappa shape index (κ3) is 4.54. The van der Waals surface area contributed by atoms with E-state index < -0.39 is 35.9 Å². The molecule has 1 aliphatic rings. The average Bonchev–Trinajstić information content (AvgIpc) is 3.37. The Morgan fingerprint density at radius 3 is 2.58 bits per heavy atom. The molecule has 1 aliphatic heterocycles. The van der Waals surface area contributed by atoms with Gasteiger partial charge in [0.15, 0.2) is 11.6 Å². The Labute approximate surface area is 218 Å². The van der Waals surface area contributed by atoms with Gasteiger partial charge in [-0.2, -0.15) is 0 Å². The largest absolute Gasteiger partial charge is 0.484 e. The topological polar surface area (TPSA) is 162 Å². The van der Waals surface area contributed by atoms with Crippen molar-refractivity contribution in [1.82, 2.24) is 19.6 Å². The van der Waals surface area contributed by atoms with Gasteiger partial charge in [0.2, 0.25) is 0 Å². The highest BCUT2D eigenvalue weighted by Crippen LogP contribution is 2.30. The molecule has 5 rings (SSSR count). The van der Waals surface area contributed by atoms with E-state index in [2.05, 4.69) is 10.3 Å². The van der Waals surface area contributed by atoms with Gasteiger partial charge in [-0.1, -0.05) is 35.6 Å². The van der Waals surface area contributed by atoms with E-state index >= 15 is 0 Å². The standard InChI is InChI=1S/C25H21N5O7S/c1-25(14-6-8-16(9-7-14)36-13-19(26)31)22(34)29(23(35)28-25)11-21(33)37-12-15-10-20(32)30-17-4-2-3-5-18(17)38-24(30)27-15/h2-10H,11-13H2,1H3,(H2,26,31)(H,28,35)/t25-/m1/s1. The summed E-state index contributed by atoms with van der Waals surface area (Å²) in [5, 5.41) is 2.60. The number of esters is 1. The van der Waals surface area contributed by atoms with Gasteiger partial charge in [-0.3, -0.25) is 28.5 Å². The van der Waals surface area contributed by atoms with E-state index in [4.69, 9.17) is 15.2 Å². The van der Waals surface area contributed by atoms with Crippen molar-refractivity contribution in [2.45, 2.75) is 19.1 Å². The lowest BCUT2D eigenvalue weighted by molar-refractivity contribution is -0.148. The van der Waals surface area contributed by atoms with Crippen LogP contribution in [0.15, 0.2) is 59.4 Å². The number of primary amides is 1. The second-order valence-corrected chi connectivity index (χ2v) is 9.67. The van der Waals surface area contributed by atoms with Gasteiger partial charge in [0.25, 0.3) is 17.4 Å². The predicted molar refractivity (Wildman–Crippen MR) is 135 cm³/mol. The number of hydrogen-bond donors (Lipinski definition) is 2. The number of nitrogens with two attached hydrogens (primary N) is 1. The van der Waals surface area contributed by atoms with Crippen LogP contribution in [-0.2, 0) is 31.3 Å². The first-order chi connectivity index (χ1) is 18.2. The van der Waals surface area contributed by atoms with Crippen molar-refractivity contribution in [2.24, 2.45) is 5.73 Å². The fourth-order valence-corrected chi connectivity index (χ4v) is 5.15. The highest BCUT2D eigenvalue weighted by Gasteiger charge is 2.49. The first-order valence-corrected chi connectivity index (χ1v) is 12.2. The van der Waals surface area contributed by atoms with Gasteiger partial charge >= 0.3 is 12.0 Å². The first-order valence-electron chi connectivity index (χ1n) is 11.4. The Morgan fingerprint density at radius 2 is 1.84 bits per heavy atom. The van der Waals surface area contributed by atoms with Crippen LogP contribution in [0.3, 0.4) is 0 Å². The SMILES string of the molecule is C[C@]1(c2ccc(OCC(N)=O)cc2)NC(=O)N(CC(=O)OCc2cc(=O)n3c(n2)sc2ccccc23)C1=O. The van der Waals surface area contributed by atoms with Gasteiger partial charge in [0.05, 0.1) is 15.9 Å². The molecule has 0 aliphatic carbocycles. The predicted octanol–water partition coefficient (Wildman–Crippen LogP) is 1.28. The van der Waals surface area contributed by atoms with Crippen LogP contribution in [0.5, 0.6) is 5.75 Å². The summed E-state index contributed by atoms with van der Waals surface area (Å²) in [5.41, 5.74) is 4.75. The van der Waals surface area contributed by atoms with Crippen LogP contribution >= 0.6 is 11.3 Å². The molecule has 3 heterocycles. The molecule has 2 aromatic carbocycles. The minimum absolute atomic E-state index is 0.246. The van der Waals surface area contributed by atoms with Crippen molar-refractivity contribution in [3.05, 3.63) is 76.2 Å². The van der Waals surface area contributed by atoms with E-state index in [1.54, 1.807) is 12.1 Å². The Morgan fingerprint density at radius 1 is 1.11 bits per heavy atom. The van der Waals surface area contributed by atoms with E-state index in [1.165, 1.54) is 40.9 Å². The maximum absolute atomic E-state index is 13.1. The fraction of sp³-hybridized carbons (Fsp3) is 0.200. The van der Waals surface area contributed by atoms with Gasteiger partial charge in [-0.15, -0.1) is 0 Å². The monoisotopic (exact) mass is 535 g/mol. The van der Waals surface area contributed by atoms with Crippen LogP contribution in [0.2, 0.25) is 0 Å². The summed E-state index contributed by atoms with van der Waals surface area (Å²) in [5.74, 6) is -1.76. The van der Waals surface area contributed by atoms with Crippen LogP contribution in [0, 0.1) is 0 Å². The third-order valence-corrected chi connectivity index (χ3v) is 7.03. The van der Waals surface area contributed by atoms with Crippen LogP contribution in [0.1, 0.15) is 18.2 Å². The number of aromatic nitrogens is 2. The molecule has 13 heteroatoms. The minimum atomic E-state index is -1.43. The van der Waals surface area contributed by atoms with E-state index in [9.17, 15) is 24.0 Å². The number of ether oxygens (including phenoxy) is 2. The number of benzene rings is 2. The van der Waals surface area contributed by atoms with Crippen LogP contribution < -0.4 is 21.3 Å². The zero-order valence-corrected chi connectivity index (χ0v) is 20.8. The molecule has 2 aromatic heterocycles. The van der Waals surface area contributed by atoms with Gasteiger partial charge in [0, 0.05) is 6.07 Å². The van der Waals surface area contributed by atoms with E-state index in [1.807, 2.05) is 24.3 Å². The summed E-state index contributed by atoms with van der Waals surface area (Å²) in [6, 6.07) is 14.1. The highest BCUT2D eigenvalue weighted by atomic mass is 32.1. The van der Waals surface area contributed by atoms with Crippen LogP contribution in [0.4, 0.5) is 4.79 Å². The van der Waals surface area contributed by atoms with Crippen molar-refractivity contribution in [3.63, 3.8) is 0 Å². The molecule has 3 N–H and O–H groups in total. The van der Waals surface area contributed by atoms with Gasteiger partial charge in [-0.05, 0) is 36.8 Å². The summed E-state index contributed by atoms with van der Waals surface area (Å²) in [4.78, 5) is 67.3. The summed E-state index contributed by atoms with van der Waals surface area (Å²) in [6.07, 6.45) is 0. The normalized spacial score (nSPS) is 17.1. The molecule has 0 saturated carbocycles. The summed E-state index contributed by atoms with van der Waals surface area (Å²) in [6.45, 7) is 0.288. The Bertz CT molecular complexity index is 1660. The number of nitrogens with zero attached hydrogens (tertiary/aromatic N) is 3. The number of thiazole rings is 1. The lowest BCUT2D eigenvalue weighted by atomic mass is 9.92. The molecule has 0 bridgehead atoms. The van der Waals surface area contributed by atoms with Gasteiger partial charge in [-0.25, -0.2) is 9.78 Å². The number of fused-ring (bicyclic) bond motifs is 3. The molecule has 0 spiro atoms. The molecule has 0 radical (unpaired) electrons. The zero-order chi connectivity index (χ0) is 27.0. The number of para-hydroxylation sites is 1. The quantitative estimate of drug-likeness (QED) is 0.252. The summed E-state index contributed by atoms with van der Waals surface area (Å²) < 4.78 is 12.8. The van der Waals surface area contributed by atoms with Gasteiger partial charge < -0.3 is 20.5 Å². The van der Waals surface area contributed by atoms with Crippen molar-refractivity contribution >= 4 is 50.3 Å². The summed E-state index contributed by atoms with van der Waals surface area (Å²) in [7, 11) is 0. The lowest BCUT2D eigenvalue weighted by Crippen LogP contribution is -2.41. The van der Waals surface area contributed by atoms with Crippen molar-refractivity contribution in [1.29, 1.82) is 0 Å². The first kappa shape index (κ1) is 24.9. The molecule has 1 atom stereocenters.